The second-order valence-electron chi connectivity index (χ2n) is 15.9. The molecular formula is C36H48N6O9S2. The molecule has 5 rings (SSSR count). The maximum absolute atomic E-state index is 14.4. The van der Waals surface area contributed by atoms with Crippen LogP contribution in [-0.2, 0) is 33.9 Å². The van der Waals surface area contributed by atoms with Crippen LogP contribution < -0.4 is 20.7 Å². The third-order valence-electron chi connectivity index (χ3n) is 9.22. The Bertz CT molecular complexity index is 1880. The van der Waals surface area contributed by atoms with E-state index in [1.54, 1.807) is 53.8 Å². The summed E-state index contributed by atoms with van der Waals surface area (Å²) in [5.74, 6) is -2.87. The second kappa shape index (κ2) is 14.7. The lowest BCUT2D eigenvalue weighted by molar-refractivity contribution is -0.143. The SMILES string of the molecule is C=CC1CC1(NC(=O)C1CC(OC(=O)Nc2cc(C)ccc2-c2nccs2)CN1C(=O)C(NC(=O)OC(C)(C)C)C(C)(C)C)C(=O)NS(=O)(=O)C1CC1. The topological polar surface area (TPSA) is 202 Å². The van der Waals surface area contributed by atoms with Gasteiger partial charge in [0.05, 0.1) is 17.5 Å². The van der Waals surface area contributed by atoms with E-state index in [0.717, 1.165) is 5.56 Å². The lowest BCUT2D eigenvalue weighted by Gasteiger charge is -2.36. The Labute approximate surface area is 313 Å². The molecule has 5 atom stereocenters. The summed E-state index contributed by atoms with van der Waals surface area (Å²) in [5.41, 5.74) is -1.33. The van der Waals surface area contributed by atoms with Gasteiger partial charge in [0.15, 0.2) is 0 Å². The number of carbonyl (C=O) groups excluding carboxylic acids is 5. The number of hydrogen-bond donors (Lipinski definition) is 4. The van der Waals surface area contributed by atoms with Crippen LogP contribution in [0.3, 0.4) is 0 Å². The van der Waals surface area contributed by atoms with Crippen LogP contribution in [0.4, 0.5) is 15.3 Å². The maximum atomic E-state index is 14.4. The number of aromatic nitrogens is 1. The number of ether oxygens (including phenoxy) is 2. The minimum Gasteiger partial charge on any atom is -0.444 e. The maximum Gasteiger partial charge on any atom is 0.411 e. The van der Waals surface area contributed by atoms with Gasteiger partial charge in [0.2, 0.25) is 21.8 Å². The largest absolute Gasteiger partial charge is 0.444 e. The summed E-state index contributed by atoms with van der Waals surface area (Å²) in [6.07, 6.45) is 1.26. The van der Waals surface area contributed by atoms with Crippen molar-refractivity contribution in [1.82, 2.24) is 25.2 Å². The van der Waals surface area contributed by atoms with Gasteiger partial charge in [-0.1, -0.05) is 32.9 Å². The number of carbonyl (C=O) groups is 5. The Balaban J connectivity index is 1.40. The smallest absolute Gasteiger partial charge is 0.411 e. The first-order valence-corrected chi connectivity index (χ1v) is 19.8. The number of nitrogens with zero attached hydrogens (tertiary/aromatic N) is 2. The van der Waals surface area contributed by atoms with Crippen LogP contribution in [0.25, 0.3) is 10.6 Å². The molecular weight excluding hydrogens is 725 g/mol. The highest BCUT2D eigenvalue weighted by Gasteiger charge is 2.62. The van der Waals surface area contributed by atoms with Gasteiger partial charge >= 0.3 is 12.2 Å². The second-order valence-corrected chi connectivity index (χ2v) is 18.8. The number of benzene rings is 1. The fraction of sp³-hybridized carbons (Fsp3) is 0.556. The monoisotopic (exact) mass is 772 g/mol. The Hall–Kier alpha value is -4.51. The van der Waals surface area contributed by atoms with Gasteiger partial charge in [0, 0.05) is 29.5 Å². The van der Waals surface area contributed by atoms with E-state index in [1.807, 2.05) is 24.4 Å². The van der Waals surface area contributed by atoms with Crippen molar-refractivity contribution < 1.29 is 41.9 Å². The minimum atomic E-state index is -3.93. The van der Waals surface area contributed by atoms with E-state index in [4.69, 9.17) is 9.47 Å². The summed E-state index contributed by atoms with van der Waals surface area (Å²) >= 11 is 1.40. The minimum absolute atomic E-state index is 0.0972. The first-order chi connectivity index (χ1) is 24.6. The first kappa shape index (κ1) is 39.7. The molecule has 2 heterocycles. The molecule has 17 heteroatoms. The van der Waals surface area contributed by atoms with Gasteiger partial charge in [-0.05, 0) is 70.1 Å². The summed E-state index contributed by atoms with van der Waals surface area (Å²) < 4.78 is 38.7. The molecule has 0 bridgehead atoms. The molecule has 4 N–H and O–H groups in total. The summed E-state index contributed by atoms with van der Waals surface area (Å²) in [7, 11) is -3.93. The van der Waals surface area contributed by atoms with E-state index in [9.17, 15) is 32.4 Å². The third-order valence-corrected chi connectivity index (χ3v) is 11.8. The van der Waals surface area contributed by atoms with Crippen molar-refractivity contribution in [2.24, 2.45) is 11.3 Å². The van der Waals surface area contributed by atoms with Crippen molar-refractivity contribution in [1.29, 1.82) is 0 Å². The number of hydrogen-bond acceptors (Lipinski definition) is 11. The summed E-state index contributed by atoms with van der Waals surface area (Å²) in [4.78, 5) is 73.8. The average Bonchev–Trinajstić information content (AvgIpc) is 3.91. The van der Waals surface area contributed by atoms with Crippen molar-refractivity contribution in [3.8, 4) is 10.6 Å². The third kappa shape index (κ3) is 9.36. The molecule has 1 aromatic carbocycles. The number of alkyl carbamates (subject to hydrolysis) is 1. The normalized spacial score (nSPS) is 23.3. The van der Waals surface area contributed by atoms with Gasteiger partial charge in [0.1, 0.15) is 34.3 Å². The first-order valence-electron chi connectivity index (χ1n) is 17.4. The van der Waals surface area contributed by atoms with Crippen molar-refractivity contribution in [3.05, 3.63) is 48.0 Å². The predicted molar refractivity (Wildman–Crippen MR) is 198 cm³/mol. The molecule has 1 aromatic heterocycles. The van der Waals surface area contributed by atoms with Crippen molar-refractivity contribution in [3.63, 3.8) is 0 Å². The Morgan fingerprint density at radius 2 is 1.79 bits per heavy atom. The van der Waals surface area contributed by atoms with Crippen LogP contribution in [0.1, 0.15) is 72.8 Å². The van der Waals surface area contributed by atoms with Crippen LogP contribution in [0.5, 0.6) is 0 Å². The molecule has 5 unspecified atom stereocenters. The summed E-state index contributed by atoms with van der Waals surface area (Å²) in [6.45, 7) is 15.6. The molecule has 3 fully saturated rings. The number of aryl methyl sites for hydroxylation is 1. The zero-order chi connectivity index (χ0) is 39.1. The Kier molecular flexibility index (Phi) is 11.0. The fourth-order valence-electron chi connectivity index (χ4n) is 6.23. The lowest BCUT2D eigenvalue weighted by Crippen LogP contribution is -2.60. The van der Waals surface area contributed by atoms with Gasteiger partial charge < -0.3 is 25.0 Å². The van der Waals surface area contributed by atoms with Gasteiger partial charge in [0.25, 0.3) is 5.91 Å². The van der Waals surface area contributed by atoms with Crippen molar-refractivity contribution in [2.75, 3.05) is 11.9 Å². The number of rotatable bonds is 11. The predicted octanol–water partition coefficient (Wildman–Crippen LogP) is 4.25. The average molecular weight is 773 g/mol. The zero-order valence-electron chi connectivity index (χ0n) is 31.0. The van der Waals surface area contributed by atoms with Gasteiger partial charge in [-0.3, -0.25) is 24.4 Å². The molecule has 15 nitrogen and oxygen atoms in total. The molecule has 53 heavy (non-hydrogen) atoms. The van der Waals surface area contributed by atoms with Gasteiger partial charge in [-0.25, -0.2) is 23.0 Å². The quantitative estimate of drug-likeness (QED) is 0.239. The highest BCUT2D eigenvalue weighted by Crippen LogP contribution is 2.45. The fourth-order valence-corrected chi connectivity index (χ4v) is 8.27. The van der Waals surface area contributed by atoms with Crippen LogP contribution >= 0.6 is 11.3 Å². The standard InChI is InChI=1S/C36H48N6O9S2/c1-9-21-18-36(21,31(45)41-53(48,49)23-11-12-23)40-28(43)26-17-22(19-42(26)30(44)27(34(3,4)5)39-33(47)51-35(6,7)8)50-32(46)38-25-16-20(2)10-13-24(25)29-37-14-15-52-29/h9-10,13-16,21-23,26-27H,1,11-12,17-19H2,2-8H3,(H,38,46)(H,39,47)(H,40,43)(H,41,45). The highest BCUT2D eigenvalue weighted by molar-refractivity contribution is 7.91. The molecule has 1 aliphatic heterocycles. The summed E-state index contributed by atoms with van der Waals surface area (Å²) in [5, 5.41) is 9.96. The number of nitrogens with one attached hydrogen (secondary N) is 4. The van der Waals surface area contributed by atoms with E-state index >= 15 is 0 Å². The molecule has 2 saturated carbocycles. The molecule has 1 saturated heterocycles. The van der Waals surface area contributed by atoms with Crippen LogP contribution in [-0.4, -0.2) is 89.3 Å². The molecule has 0 radical (unpaired) electrons. The van der Waals surface area contributed by atoms with Gasteiger partial charge in [-0.2, -0.15) is 0 Å². The molecule has 5 amide bonds. The number of thiazole rings is 1. The number of likely N-dealkylation sites (tertiary alicyclic amines) is 1. The van der Waals surface area contributed by atoms with E-state index in [2.05, 4.69) is 32.2 Å². The van der Waals surface area contributed by atoms with Gasteiger partial charge in [-0.15, -0.1) is 17.9 Å². The number of amides is 5. The van der Waals surface area contributed by atoms with E-state index in [0.29, 0.717) is 29.1 Å². The van der Waals surface area contributed by atoms with E-state index in [-0.39, 0.29) is 19.4 Å². The Morgan fingerprint density at radius 1 is 1.09 bits per heavy atom. The number of anilines is 1. The zero-order valence-corrected chi connectivity index (χ0v) is 32.6. The molecule has 288 valence electrons. The molecule has 2 aliphatic carbocycles. The van der Waals surface area contributed by atoms with Crippen molar-refractivity contribution >= 4 is 57.0 Å². The van der Waals surface area contributed by atoms with Crippen LogP contribution in [0, 0.1) is 18.3 Å². The number of sulfonamides is 1. The Morgan fingerprint density at radius 3 is 2.36 bits per heavy atom. The lowest BCUT2D eigenvalue weighted by atomic mass is 9.85. The molecule has 3 aliphatic rings. The van der Waals surface area contributed by atoms with Crippen LogP contribution in [0.15, 0.2) is 42.4 Å². The van der Waals surface area contributed by atoms with Crippen LogP contribution in [0.2, 0.25) is 0 Å². The summed E-state index contributed by atoms with van der Waals surface area (Å²) in [6, 6.07) is 3.04. The molecule has 0 spiro atoms. The highest BCUT2D eigenvalue weighted by atomic mass is 32.2. The molecule has 2 aromatic rings. The van der Waals surface area contributed by atoms with Crippen molar-refractivity contribution in [2.45, 2.75) is 109 Å². The van der Waals surface area contributed by atoms with E-state index < -0.39 is 85.8 Å². The van der Waals surface area contributed by atoms with E-state index in [1.165, 1.54) is 22.3 Å².